The molecule has 2 saturated heterocycles. The Labute approximate surface area is 256 Å². The Balaban J connectivity index is 1.25. The molecule has 2 N–H and O–H groups in total. The quantitative estimate of drug-likeness (QED) is 0.312. The number of thiazole rings is 1. The fraction of sp³-hybridized carbons (Fsp3) is 0.548. The number of methoxy groups -OCH3 is 2. The number of ether oxygens (including phenoxy) is 2. The van der Waals surface area contributed by atoms with Gasteiger partial charge in [-0.3, -0.25) is 9.59 Å². The number of aromatic nitrogens is 2. The minimum Gasteiger partial charge on any atom is -0.391 e. The van der Waals surface area contributed by atoms with Crippen LogP contribution in [-0.2, 0) is 19.1 Å². The molecule has 0 bridgehead atoms. The van der Waals surface area contributed by atoms with E-state index < -0.39 is 18.1 Å². The number of nitrogens with one attached hydrogen (secondary N) is 1. The second-order valence-corrected chi connectivity index (χ2v) is 12.7. The predicted octanol–water partition coefficient (Wildman–Crippen LogP) is 3.74. The minimum absolute atomic E-state index is 0.0850. The van der Waals surface area contributed by atoms with Gasteiger partial charge in [0.1, 0.15) is 12.0 Å². The molecule has 4 heterocycles. The van der Waals surface area contributed by atoms with Crippen molar-refractivity contribution in [2.45, 2.75) is 64.5 Å². The molecule has 2 aliphatic rings. The molecule has 1 aromatic carbocycles. The number of carbonyl (C=O) groups is 2. The van der Waals surface area contributed by atoms with Crippen molar-refractivity contribution < 1.29 is 28.7 Å². The van der Waals surface area contributed by atoms with Crippen molar-refractivity contribution in [2.75, 3.05) is 38.8 Å². The Bertz CT molecular complexity index is 1400. The largest absolute Gasteiger partial charge is 0.391 e. The first-order valence-electron chi connectivity index (χ1n) is 14.7. The second kappa shape index (κ2) is 13.1. The van der Waals surface area contributed by atoms with Gasteiger partial charge >= 0.3 is 0 Å². The van der Waals surface area contributed by atoms with Gasteiger partial charge in [-0.05, 0) is 30.9 Å². The van der Waals surface area contributed by atoms with E-state index in [4.69, 9.17) is 14.0 Å². The summed E-state index contributed by atoms with van der Waals surface area (Å²) in [6.07, 6.45) is -0.898. The van der Waals surface area contributed by atoms with Crippen molar-refractivity contribution in [3.8, 4) is 10.4 Å². The molecule has 2 fully saturated rings. The maximum Gasteiger partial charge on any atom is 0.243 e. The lowest BCUT2D eigenvalue weighted by Crippen LogP contribution is -2.53. The average molecular weight is 612 g/mol. The van der Waals surface area contributed by atoms with Gasteiger partial charge in [-0.1, -0.05) is 43.3 Å². The number of carbonyl (C=O) groups excluding carboxylic acids is 2. The molecular formula is C31H41N5O6S. The lowest BCUT2D eigenvalue weighted by Gasteiger charge is -2.41. The Morgan fingerprint density at radius 2 is 1.81 bits per heavy atom. The number of rotatable bonds is 11. The number of hydrogen-bond acceptors (Lipinski definition) is 10. The van der Waals surface area contributed by atoms with Gasteiger partial charge in [-0.25, -0.2) is 4.98 Å². The van der Waals surface area contributed by atoms with Gasteiger partial charge in [0.05, 0.1) is 28.2 Å². The number of β-amino-alcohol motifs (C(OH)–C–C–N with tert-alkyl or cyclic N) is 1. The molecular weight excluding hydrogens is 570 g/mol. The van der Waals surface area contributed by atoms with Gasteiger partial charge < -0.3 is 34.2 Å². The van der Waals surface area contributed by atoms with Crippen LogP contribution in [0.2, 0.25) is 0 Å². The van der Waals surface area contributed by atoms with Crippen LogP contribution in [0.15, 0.2) is 40.4 Å². The average Bonchev–Trinajstić information content (AvgIpc) is 3.70. The summed E-state index contributed by atoms with van der Waals surface area (Å²) < 4.78 is 16.4. The molecule has 0 saturated carbocycles. The van der Waals surface area contributed by atoms with E-state index in [9.17, 15) is 14.7 Å². The van der Waals surface area contributed by atoms with E-state index in [1.165, 1.54) is 4.90 Å². The Hall–Kier alpha value is -3.32. The number of nitrogens with zero attached hydrogens (tertiary/aromatic N) is 4. The van der Waals surface area contributed by atoms with Gasteiger partial charge in [-0.15, -0.1) is 11.3 Å². The molecule has 12 heteroatoms. The normalized spacial score (nSPS) is 20.5. The molecule has 0 spiro atoms. The van der Waals surface area contributed by atoms with Gasteiger partial charge in [0.25, 0.3) is 0 Å². The molecule has 5 rings (SSSR count). The molecule has 3 aromatic rings. The predicted molar refractivity (Wildman–Crippen MR) is 163 cm³/mol. The van der Waals surface area contributed by atoms with Gasteiger partial charge in [0.15, 0.2) is 17.9 Å². The highest BCUT2D eigenvalue weighted by molar-refractivity contribution is 7.13. The Morgan fingerprint density at radius 3 is 2.42 bits per heavy atom. The lowest BCUT2D eigenvalue weighted by atomic mass is 9.91. The summed E-state index contributed by atoms with van der Waals surface area (Å²) >= 11 is 1.60. The van der Waals surface area contributed by atoms with Crippen LogP contribution >= 0.6 is 11.3 Å². The third-order valence-electron chi connectivity index (χ3n) is 8.48. The monoisotopic (exact) mass is 611 g/mol. The van der Waals surface area contributed by atoms with E-state index in [0.29, 0.717) is 24.7 Å². The van der Waals surface area contributed by atoms with Crippen LogP contribution in [0, 0.1) is 18.8 Å². The summed E-state index contributed by atoms with van der Waals surface area (Å²) in [5.74, 6) is -0.0133. The van der Waals surface area contributed by atoms with Gasteiger partial charge in [0, 0.05) is 52.3 Å². The molecule has 11 nitrogen and oxygen atoms in total. The number of aryl methyl sites for hydroxylation is 1. The topological polar surface area (TPSA) is 130 Å². The summed E-state index contributed by atoms with van der Waals surface area (Å²) in [4.78, 5) is 36.5. The zero-order valence-corrected chi connectivity index (χ0v) is 26.3. The van der Waals surface area contributed by atoms with Gasteiger partial charge in [-0.2, -0.15) is 0 Å². The molecule has 43 heavy (non-hydrogen) atoms. The summed E-state index contributed by atoms with van der Waals surface area (Å²) in [6.45, 7) is 9.26. The first kappa shape index (κ1) is 31.1. The number of likely N-dealkylation sites (tertiary alicyclic amines) is 1. The van der Waals surface area contributed by atoms with Crippen molar-refractivity contribution in [1.82, 2.24) is 20.4 Å². The number of amides is 2. The maximum atomic E-state index is 14.0. The fourth-order valence-corrected chi connectivity index (χ4v) is 6.85. The lowest BCUT2D eigenvalue weighted by molar-refractivity contribution is -0.142. The van der Waals surface area contributed by atoms with Crippen molar-refractivity contribution in [3.05, 3.63) is 52.9 Å². The number of benzene rings is 1. The Morgan fingerprint density at radius 1 is 1.12 bits per heavy atom. The number of aliphatic hydroxyl groups is 1. The van der Waals surface area contributed by atoms with Crippen molar-refractivity contribution >= 4 is 29.0 Å². The number of aliphatic hydroxyl groups excluding tert-OH is 1. The summed E-state index contributed by atoms with van der Waals surface area (Å²) in [7, 11) is 3.24. The molecule has 2 aromatic heterocycles. The van der Waals surface area contributed by atoms with Crippen LogP contribution in [0.1, 0.15) is 56.2 Å². The summed E-state index contributed by atoms with van der Waals surface area (Å²) in [5.41, 5.74) is 4.84. The molecule has 2 amide bonds. The first-order valence-corrected chi connectivity index (χ1v) is 15.6. The fourth-order valence-electron chi connectivity index (χ4n) is 6.04. The SMILES string of the molecule is COC(OC)C1CN(c2cc([C@H](C(=O)N3C[C@H](O)C[C@H]3C(=O)N[C@@H](C)c3ccc(-c4scnc4C)cc3)C(C)C)on2)C1. The molecule has 0 radical (unpaired) electrons. The summed E-state index contributed by atoms with van der Waals surface area (Å²) in [5, 5.41) is 17.8. The smallest absolute Gasteiger partial charge is 0.243 e. The van der Waals surface area contributed by atoms with E-state index in [0.717, 1.165) is 21.7 Å². The molecule has 4 atom stereocenters. The first-order chi connectivity index (χ1) is 20.6. The molecule has 232 valence electrons. The third-order valence-corrected chi connectivity index (χ3v) is 9.46. The van der Waals surface area contributed by atoms with Crippen molar-refractivity contribution in [3.63, 3.8) is 0 Å². The summed E-state index contributed by atoms with van der Waals surface area (Å²) in [6, 6.07) is 8.77. The third kappa shape index (κ3) is 6.47. The van der Waals surface area contributed by atoms with Crippen LogP contribution in [0.25, 0.3) is 10.4 Å². The highest BCUT2D eigenvalue weighted by atomic mass is 32.1. The highest BCUT2D eigenvalue weighted by Gasteiger charge is 2.44. The standard InChI is InChI=1S/C31H41N5O6S/c1-17(2)27(25-12-26(34-42-25)35-13-22(14-35)31(40-5)41-6)30(39)36-15-23(37)11-24(36)29(38)33-18(3)20-7-9-21(10-8-20)28-19(4)32-16-43-28/h7-10,12,16-18,22-24,27,31,37H,11,13-15H2,1-6H3,(H,33,38)/t18-,23+,24-,27+/m0/s1. The maximum absolute atomic E-state index is 14.0. The number of anilines is 1. The number of hydrogen-bond donors (Lipinski definition) is 2. The highest BCUT2D eigenvalue weighted by Crippen LogP contribution is 2.35. The van der Waals surface area contributed by atoms with Crippen LogP contribution in [0.3, 0.4) is 0 Å². The molecule has 0 unspecified atom stereocenters. The van der Waals surface area contributed by atoms with Crippen molar-refractivity contribution in [1.29, 1.82) is 0 Å². The van der Waals surface area contributed by atoms with E-state index in [1.54, 1.807) is 31.6 Å². The van der Waals surface area contributed by atoms with E-state index in [2.05, 4.69) is 15.5 Å². The van der Waals surface area contributed by atoms with Gasteiger partial charge in [0.2, 0.25) is 11.8 Å². The van der Waals surface area contributed by atoms with Crippen LogP contribution in [0.5, 0.6) is 0 Å². The van der Waals surface area contributed by atoms with E-state index >= 15 is 0 Å². The van der Waals surface area contributed by atoms with Crippen LogP contribution in [0.4, 0.5) is 5.82 Å². The van der Waals surface area contributed by atoms with Crippen molar-refractivity contribution in [2.24, 2.45) is 11.8 Å². The van der Waals surface area contributed by atoms with Crippen LogP contribution < -0.4 is 10.2 Å². The zero-order chi connectivity index (χ0) is 30.8. The molecule has 2 aliphatic heterocycles. The Kier molecular flexibility index (Phi) is 9.50. The second-order valence-electron chi connectivity index (χ2n) is 11.8. The van der Waals surface area contributed by atoms with E-state index in [1.807, 2.05) is 62.4 Å². The minimum atomic E-state index is -0.789. The molecule has 0 aliphatic carbocycles. The zero-order valence-electron chi connectivity index (χ0n) is 25.5. The van der Waals surface area contributed by atoms with Crippen LogP contribution in [-0.4, -0.2) is 84.3 Å². The van der Waals surface area contributed by atoms with E-state index in [-0.39, 0.29) is 48.9 Å².